The van der Waals surface area contributed by atoms with E-state index in [1.807, 2.05) is 0 Å². The summed E-state index contributed by atoms with van der Waals surface area (Å²) in [6.45, 7) is 2.37. The molecule has 0 aromatic carbocycles. The van der Waals surface area contributed by atoms with Crippen LogP contribution in [0.2, 0.25) is 0 Å². The summed E-state index contributed by atoms with van der Waals surface area (Å²) < 4.78 is 49.6. The fourth-order valence-electron chi connectivity index (χ4n) is 1.72. The SMILES string of the molecule is CCS(=O)(=O)N1CCC(NS(=O)(=O)CBr)CC1. The maximum absolute atomic E-state index is 11.6. The van der Waals surface area contributed by atoms with E-state index in [1.54, 1.807) is 6.92 Å². The summed E-state index contributed by atoms with van der Waals surface area (Å²) in [6, 6.07) is -0.166. The molecule has 0 aromatic heterocycles. The molecule has 0 aromatic rings. The van der Waals surface area contributed by atoms with Crippen LogP contribution in [-0.4, -0.2) is 50.7 Å². The molecule has 1 saturated heterocycles. The Bertz CT molecular complexity index is 440. The van der Waals surface area contributed by atoms with E-state index in [2.05, 4.69) is 20.7 Å². The predicted octanol–water partition coefficient (Wildman–Crippen LogP) is 0.0723. The van der Waals surface area contributed by atoms with E-state index < -0.39 is 20.0 Å². The summed E-state index contributed by atoms with van der Waals surface area (Å²) >= 11 is 2.90. The van der Waals surface area contributed by atoms with Crippen LogP contribution in [0.3, 0.4) is 0 Å². The highest BCUT2D eigenvalue weighted by Crippen LogP contribution is 2.15. The number of piperidine rings is 1. The van der Waals surface area contributed by atoms with Gasteiger partial charge >= 0.3 is 0 Å². The van der Waals surface area contributed by atoms with Crippen molar-refractivity contribution in [1.82, 2.24) is 9.03 Å². The highest BCUT2D eigenvalue weighted by Gasteiger charge is 2.28. The van der Waals surface area contributed by atoms with Gasteiger partial charge in [0.2, 0.25) is 20.0 Å². The summed E-state index contributed by atoms with van der Waals surface area (Å²) in [4.78, 5) is 0. The van der Waals surface area contributed by atoms with Gasteiger partial charge < -0.3 is 0 Å². The zero-order valence-electron chi connectivity index (χ0n) is 9.59. The number of alkyl halides is 1. The Morgan fingerprint density at radius 1 is 1.24 bits per heavy atom. The van der Waals surface area contributed by atoms with E-state index in [4.69, 9.17) is 0 Å². The molecule has 6 nitrogen and oxygen atoms in total. The zero-order chi connectivity index (χ0) is 13.1. The topological polar surface area (TPSA) is 83.6 Å². The second-order valence-corrected chi connectivity index (χ2v) is 9.23. The minimum atomic E-state index is -3.28. The summed E-state index contributed by atoms with van der Waals surface area (Å²) in [5.74, 6) is 0.0881. The molecular weight excluding hydrogens is 332 g/mol. The van der Waals surface area contributed by atoms with E-state index in [9.17, 15) is 16.8 Å². The van der Waals surface area contributed by atoms with Gasteiger partial charge in [-0.25, -0.2) is 25.9 Å². The van der Waals surface area contributed by atoms with Crippen LogP contribution in [0.1, 0.15) is 19.8 Å². The average Bonchev–Trinajstić information content (AvgIpc) is 2.29. The lowest BCUT2D eigenvalue weighted by Crippen LogP contribution is -2.46. The average molecular weight is 349 g/mol. The third-order valence-electron chi connectivity index (χ3n) is 2.70. The van der Waals surface area contributed by atoms with Gasteiger partial charge in [-0.1, -0.05) is 15.9 Å². The van der Waals surface area contributed by atoms with Gasteiger partial charge in [0.1, 0.15) is 4.66 Å². The molecule has 0 saturated carbocycles. The van der Waals surface area contributed by atoms with Crippen LogP contribution in [-0.2, 0) is 20.0 Å². The second-order valence-electron chi connectivity index (χ2n) is 3.92. The summed E-state index contributed by atoms with van der Waals surface area (Å²) in [5, 5.41) is 0. The number of nitrogens with zero attached hydrogens (tertiary/aromatic N) is 1. The molecule has 0 aliphatic carbocycles. The van der Waals surface area contributed by atoms with Crippen molar-refractivity contribution in [2.24, 2.45) is 0 Å². The van der Waals surface area contributed by atoms with Crippen LogP contribution in [0.25, 0.3) is 0 Å². The van der Waals surface area contributed by atoms with Crippen molar-refractivity contribution in [2.45, 2.75) is 25.8 Å². The molecule has 0 spiro atoms. The van der Waals surface area contributed by atoms with E-state index in [0.29, 0.717) is 25.9 Å². The molecule has 102 valence electrons. The van der Waals surface area contributed by atoms with Gasteiger partial charge in [-0.2, -0.15) is 0 Å². The molecule has 1 fully saturated rings. The number of hydrogen-bond donors (Lipinski definition) is 1. The Labute approximate surface area is 111 Å². The first-order valence-corrected chi connectivity index (χ1v) is 9.73. The fraction of sp³-hybridized carbons (Fsp3) is 1.00. The fourth-order valence-corrected chi connectivity index (χ4v) is 4.06. The first-order chi connectivity index (χ1) is 7.80. The largest absolute Gasteiger partial charge is 0.221 e. The molecule has 0 atom stereocenters. The van der Waals surface area contributed by atoms with Crippen molar-refractivity contribution in [2.75, 3.05) is 23.5 Å². The number of halogens is 1. The molecule has 1 N–H and O–H groups in total. The first kappa shape index (κ1) is 15.4. The Kier molecular flexibility index (Phi) is 5.39. The van der Waals surface area contributed by atoms with Gasteiger partial charge in [0.25, 0.3) is 0 Å². The predicted molar refractivity (Wildman–Crippen MR) is 69.9 cm³/mol. The first-order valence-electron chi connectivity index (χ1n) is 5.34. The van der Waals surface area contributed by atoms with Gasteiger partial charge in [0.15, 0.2) is 0 Å². The molecule has 1 rings (SSSR count). The number of rotatable bonds is 5. The number of hydrogen-bond acceptors (Lipinski definition) is 4. The molecule has 17 heavy (non-hydrogen) atoms. The van der Waals surface area contributed by atoms with Crippen LogP contribution in [0.4, 0.5) is 0 Å². The van der Waals surface area contributed by atoms with E-state index in [-0.39, 0.29) is 16.5 Å². The summed E-state index contributed by atoms with van der Waals surface area (Å²) in [7, 11) is -6.43. The van der Waals surface area contributed by atoms with E-state index in [0.717, 1.165) is 0 Å². The third-order valence-corrected chi connectivity index (χ3v) is 7.37. The van der Waals surface area contributed by atoms with Crippen molar-refractivity contribution in [1.29, 1.82) is 0 Å². The summed E-state index contributed by atoms with van der Waals surface area (Å²) in [6.07, 6.45) is 1.04. The van der Waals surface area contributed by atoms with E-state index in [1.165, 1.54) is 4.31 Å². The Morgan fingerprint density at radius 3 is 2.18 bits per heavy atom. The lowest BCUT2D eigenvalue weighted by Gasteiger charge is -2.30. The lowest BCUT2D eigenvalue weighted by atomic mass is 10.1. The van der Waals surface area contributed by atoms with Crippen LogP contribution in [0.15, 0.2) is 0 Å². The van der Waals surface area contributed by atoms with Gasteiger partial charge in [-0.05, 0) is 19.8 Å². The molecule has 1 aliphatic rings. The van der Waals surface area contributed by atoms with Gasteiger partial charge in [0.05, 0.1) is 5.75 Å². The molecule has 0 bridgehead atoms. The van der Waals surface area contributed by atoms with Crippen LogP contribution in [0.5, 0.6) is 0 Å². The van der Waals surface area contributed by atoms with Crippen molar-refractivity contribution in [3.05, 3.63) is 0 Å². The molecule has 1 heterocycles. The van der Waals surface area contributed by atoms with Crippen molar-refractivity contribution >= 4 is 36.0 Å². The zero-order valence-corrected chi connectivity index (χ0v) is 12.8. The Balaban J connectivity index is 2.52. The maximum atomic E-state index is 11.6. The quantitative estimate of drug-likeness (QED) is 0.712. The van der Waals surface area contributed by atoms with E-state index >= 15 is 0 Å². The standard InChI is InChI=1S/C8H17BrN2O4S2/c1-2-17(14,15)11-5-3-8(4-6-11)10-16(12,13)7-9/h8,10H,2-7H2,1H3. The minimum absolute atomic E-state index is 0.0881. The minimum Gasteiger partial charge on any atom is -0.212 e. The summed E-state index contributed by atoms with van der Waals surface area (Å²) in [5.41, 5.74) is 0. The van der Waals surface area contributed by atoms with Crippen LogP contribution >= 0.6 is 15.9 Å². The van der Waals surface area contributed by atoms with Crippen molar-refractivity contribution in [3.8, 4) is 0 Å². The second kappa shape index (κ2) is 5.96. The maximum Gasteiger partial charge on any atom is 0.221 e. The van der Waals surface area contributed by atoms with Crippen molar-refractivity contribution < 1.29 is 16.8 Å². The number of sulfonamides is 2. The molecule has 0 amide bonds. The third kappa shape index (κ3) is 4.47. The molecular formula is C8H17BrN2O4S2. The van der Waals surface area contributed by atoms with Gasteiger partial charge in [-0.15, -0.1) is 0 Å². The van der Waals surface area contributed by atoms with Gasteiger partial charge in [-0.3, -0.25) is 0 Å². The van der Waals surface area contributed by atoms with Crippen LogP contribution < -0.4 is 4.72 Å². The molecule has 9 heteroatoms. The number of nitrogens with one attached hydrogen (secondary N) is 1. The molecule has 1 aliphatic heterocycles. The highest BCUT2D eigenvalue weighted by molar-refractivity contribution is 9.10. The van der Waals surface area contributed by atoms with Gasteiger partial charge in [0, 0.05) is 19.1 Å². The Morgan fingerprint density at radius 2 is 1.76 bits per heavy atom. The molecule has 0 unspecified atom stereocenters. The Hall–Kier alpha value is 0.300. The highest BCUT2D eigenvalue weighted by atomic mass is 79.9. The van der Waals surface area contributed by atoms with Crippen molar-refractivity contribution in [3.63, 3.8) is 0 Å². The smallest absolute Gasteiger partial charge is 0.212 e. The lowest BCUT2D eigenvalue weighted by molar-refractivity contribution is 0.309. The van der Waals surface area contributed by atoms with Crippen LogP contribution in [0, 0.1) is 0 Å². The normalized spacial score (nSPS) is 20.6. The molecule has 0 radical (unpaired) electrons. The monoisotopic (exact) mass is 348 g/mol.